The number of anilines is 2. The Labute approximate surface area is 266 Å². The number of carbonyl (C=O) groups excluding carboxylic acids is 2. The van der Waals surface area contributed by atoms with Gasteiger partial charge in [0.1, 0.15) is 11.9 Å². The summed E-state index contributed by atoms with van der Waals surface area (Å²) in [6.45, 7) is 3.98. The fourth-order valence-corrected chi connectivity index (χ4v) is 6.26. The van der Waals surface area contributed by atoms with Gasteiger partial charge in [0.25, 0.3) is 10.0 Å². The molecule has 5 rings (SSSR count). The van der Waals surface area contributed by atoms with E-state index in [0.29, 0.717) is 33.5 Å². The van der Waals surface area contributed by atoms with Gasteiger partial charge in [-0.3, -0.25) is 9.52 Å². The van der Waals surface area contributed by atoms with E-state index in [2.05, 4.69) is 10.0 Å². The molecule has 0 unspecified atom stereocenters. The maximum absolute atomic E-state index is 13.5. The predicted molar refractivity (Wildman–Crippen MR) is 168 cm³/mol. The monoisotopic (exact) mass is 658 g/mol. The Kier molecular flexibility index (Phi) is 9.61. The minimum Gasteiger partial charge on any atom is -0.488 e. The number of sulfonamides is 1. The van der Waals surface area contributed by atoms with E-state index in [-0.39, 0.29) is 61.3 Å². The zero-order valence-corrected chi connectivity index (χ0v) is 26.6. The van der Waals surface area contributed by atoms with Gasteiger partial charge in [-0.15, -0.1) is 0 Å². The summed E-state index contributed by atoms with van der Waals surface area (Å²) >= 11 is 5.91. The molecule has 2 heterocycles. The summed E-state index contributed by atoms with van der Waals surface area (Å²) in [4.78, 5) is 29.8. The third-order valence-corrected chi connectivity index (χ3v) is 9.37. The lowest BCUT2D eigenvalue weighted by Crippen LogP contribution is -2.48. The highest BCUT2D eigenvalue weighted by Gasteiger charge is 2.32. The second-order valence-corrected chi connectivity index (χ2v) is 13.3. The molecule has 0 bridgehead atoms. The van der Waals surface area contributed by atoms with Crippen molar-refractivity contribution in [3.63, 3.8) is 0 Å². The first-order valence-electron chi connectivity index (χ1n) is 14.3. The SMILES string of the molecule is C[C@@H]1CN([C@@H](C)CO)C(=O)Cc2cc(NS(=O)(=O)c3ccc(Cl)cc3)ccc2O[C@H]1CN(C)C(=O)Nc1ccc2c(c1)OCO2. The van der Waals surface area contributed by atoms with Crippen LogP contribution < -0.4 is 24.2 Å². The number of benzene rings is 3. The molecule has 0 aromatic heterocycles. The number of nitrogens with one attached hydrogen (secondary N) is 2. The number of amides is 3. The van der Waals surface area contributed by atoms with Gasteiger partial charge in [0.15, 0.2) is 11.5 Å². The lowest BCUT2D eigenvalue weighted by Gasteiger charge is -2.34. The number of nitrogens with zero attached hydrogens (tertiary/aromatic N) is 2. The summed E-state index contributed by atoms with van der Waals surface area (Å²) in [5.74, 6) is 1.03. The summed E-state index contributed by atoms with van der Waals surface area (Å²) in [5, 5.41) is 13.2. The molecule has 3 aromatic carbocycles. The van der Waals surface area contributed by atoms with E-state index in [1.165, 1.54) is 29.2 Å². The van der Waals surface area contributed by atoms with Crippen molar-refractivity contribution in [1.29, 1.82) is 0 Å². The maximum atomic E-state index is 13.5. The smallest absolute Gasteiger partial charge is 0.321 e. The zero-order valence-electron chi connectivity index (χ0n) is 25.0. The molecule has 0 spiro atoms. The molecule has 0 aliphatic carbocycles. The van der Waals surface area contributed by atoms with Gasteiger partial charge >= 0.3 is 6.03 Å². The maximum Gasteiger partial charge on any atom is 0.321 e. The number of carbonyl (C=O) groups is 2. The van der Waals surface area contributed by atoms with Crippen LogP contribution in [0.5, 0.6) is 17.2 Å². The summed E-state index contributed by atoms with van der Waals surface area (Å²) in [6.07, 6.45) is -0.650. The number of halogens is 1. The summed E-state index contributed by atoms with van der Waals surface area (Å²) < 4.78 is 45.8. The van der Waals surface area contributed by atoms with Crippen molar-refractivity contribution in [1.82, 2.24) is 9.80 Å². The van der Waals surface area contributed by atoms with Crippen LogP contribution in [0.2, 0.25) is 5.02 Å². The van der Waals surface area contributed by atoms with Crippen LogP contribution in [0.25, 0.3) is 0 Å². The van der Waals surface area contributed by atoms with Crippen LogP contribution in [-0.4, -0.2) is 80.9 Å². The van der Waals surface area contributed by atoms with Gasteiger partial charge in [-0.1, -0.05) is 18.5 Å². The normalized spacial score (nSPS) is 18.5. The number of aliphatic hydroxyl groups excluding tert-OH is 1. The first-order valence-corrected chi connectivity index (χ1v) is 16.2. The topological polar surface area (TPSA) is 147 Å². The van der Waals surface area contributed by atoms with Crippen LogP contribution in [0.3, 0.4) is 0 Å². The second kappa shape index (κ2) is 13.4. The minimum atomic E-state index is -3.94. The lowest BCUT2D eigenvalue weighted by molar-refractivity contribution is -0.134. The number of aliphatic hydroxyl groups is 1. The van der Waals surface area contributed by atoms with Crippen molar-refractivity contribution in [2.24, 2.45) is 5.92 Å². The van der Waals surface area contributed by atoms with Gasteiger partial charge in [0, 0.05) is 47.5 Å². The molecule has 2 aliphatic rings. The number of rotatable bonds is 8. The molecule has 12 nitrogen and oxygen atoms in total. The van der Waals surface area contributed by atoms with E-state index >= 15 is 0 Å². The fourth-order valence-electron chi connectivity index (χ4n) is 5.08. The number of hydrogen-bond donors (Lipinski definition) is 3. The van der Waals surface area contributed by atoms with Crippen molar-refractivity contribution in [2.45, 2.75) is 37.3 Å². The molecule has 0 radical (unpaired) electrons. The van der Waals surface area contributed by atoms with Crippen molar-refractivity contribution in [3.05, 3.63) is 71.2 Å². The number of ether oxygens (including phenoxy) is 3. The molecule has 0 saturated carbocycles. The highest BCUT2D eigenvalue weighted by molar-refractivity contribution is 7.92. The van der Waals surface area contributed by atoms with Crippen molar-refractivity contribution in [2.75, 3.05) is 43.6 Å². The highest BCUT2D eigenvalue weighted by Crippen LogP contribution is 2.34. The Balaban J connectivity index is 1.38. The van der Waals surface area contributed by atoms with Crippen LogP contribution in [-0.2, 0) is 21.2 Å². The van der Waals surface area contributed by atoms with Crippen molar-refractivity contribution >= 4 is 44.9 Å². The van der Waals surface area contributed by atoms with E-state index in [4.69, 9.17) is 25.8 Å². The third kappa shape index (κ3) is 7.55. The Morgan fingerprint density at radius 2 is 1.76 bits per heavy atom. The van der Waals surface area contributed by atoms with Gasteiger partial charge in [-0.25, -0.2) is 13.2 Å². The van der Waals surface area contributed by atoms with Crippen LogP contribution in [0, 0.1) is 5.92 Å². The summed E-state index contributed by atoms with van der Waals surface area (Å²) in [7, 11) is -2.30. The predicted octanol–water partition coefficient (Wildman–Crippen LogP) is 4.18. The van der Waals surface area contributed by atoms with E-state index in [1.807, 2.05) is 6.92 Å². The summed E-state index contributed by atoms with van der Waals surface area (Å²) in [5.41, 5.74) is 1.23. The Bertz CT molecular complexity index is 1670. The molecular weight excluding hydrogens is 624 g/mol. The number of fused-ring (bicyclic) bond motifs is 2. The van der Waals surface area contributed by atoms with E-state index in [1.54, 1.807) is 55.3 Å². The zero-order chi connectivity index (χ0) is 32.3. The summed E-state index contributed by atoms with van der Waals surface area (Å²) in [6, 6.07) is 14.8. The van der Waals surface area contributed by atoms with Crippen molar-refractivity contribution < 1.29 is 37.3 Å². The Hall–Kier alpha value is -4.20. The average molecular weight is 659 g/mol. The number of urea groups is 1. The van der Waals surface area contributed by atoms with Crippen LogP contribution in [0.4, 0.5) is 16.2 Å². The van der Waals surface area contributed by atoms with Gasteiger partial charge in [-0.2, -0.15) is 0 Å². The van der Waals surface area contributed by atoms with Crippen LogP contribution in [0.1, 0.15) is 19.4 Å². The van der Waals surface area contributed by atoms with E-state index in [9.17, 15) is 23.1 Å². The highest BCUT2D eigenvalue weighted by atomic mass is 35.5. The molecular formula is C31H35ClN4O8S. The molecule has 3 aromatic rings. The Morgan fingerprint density at radius 1 is 1.07 bits per heavy atom. The van der Waals surface area contributed by atoms with Crippen molar-refractivity contribution in [3.8, 4) is 17.2 Å². The molecule has 14 heteroatoms. The van der Waals surface area contributed by atoms with Crippen LogP contribution in [0.15, 0.2) is 65.6 Å². The first kappa shape index (κ1) is 32.2. The largest absolute Gasteiger partial charge is 0.488 e. The molecule has 3 amide bonds. The van der Waals surface area contributed by atoms with E-state index < -0.39 is 22.2 Å². The first-order chi connectivity index (χ1) is 21.4. The number of likely N-dealkylation sites (N-methyl/N-ethyl adjacent to an activating group) is 1. The molecule has 45 heavy (non-hydrogen) atoms. The quantitative estimate of drug-likeness (QED) is 0.327. The third-order valence-electron chi connectivity index (χ3n) is 7.72. The molecule has 3 N–H and O–H groups in total. The van der Waals surface area contributed by atoms with Gasteiger partial charge in [0.05, 0.1) is 30.5 Å². The molecule has 3 atom stereocenters. The van der Waals surface area contributed by atoms with E-state index in [0.717, 1.165) is 0 Å². The van der Waals surface area contributed by atoms with Gasteiger partial charge < -0.3 is 34.4 Å². The van der Waals surface area contributed by atoms with Crippen LogP contribution >= 0.6 is 11.6 Å². The Morgan fingerprint density at radius 3 is 2.49 bits per heavy atom. The lowest BCUT2D eigenvalue weighted by atomic mass is 10.0. The molecule has 0 fully saturated rings. The molecule has 240 valence electrons. The molecule has 0 saturated heterocycles. The van der Waals surface area contributed by atoms with Gasteiger partial charge in [-0.05, 0) is 61.5 Å². The minimum absolute atomic E-state index is 0.0293. The molecule has 2 aliphatic heterocycles. The second-order valence-electron chi connectivity index (χ2n) is 11.1. The fraction of sp³-hybridized carbons (Fsp3) is 0.355. The standard InChI is InChI=1S/C31H35ClN4O8S/c1-19-15-36(20(2)17-37)30(38)13-21-12-24(34-45(40,41)25-8-4-22(32)5-9-25)7-10-26(21)44-29(19)16-35(3)31(39)33-23-6-11-27-28(14-23)43-18-42-27/h4-12,14,19-20,29,34,37H,13,15-18H2,1-3H3,(H,33,39)/t19-,20+,29+/m1/s1. The number of hydrogen-bond acceptors (Lipinski definition) is 8. The average Bonchev–Trinajstić information content (AvgIpc) is 3.48. The van der Waals surface area contributed by atoms with Gasteiger partial charge in [0.2, 0.25) is 12.7 Å².